The number of hydrogen-bond acceptors (Lipinski definition) is 2. The molecule has 2 aromatic heterocycles. The van der Waals surface area contributed by atoms with Crippen molar-refractivity contribution in [1.82, 2.24) is 19.1 Å². The van der Waals surface area contributed by atoms with Crippen LogP contribution in [0.4, 0.5) is 0 Å². The van der Waals surface area contributed by atoms with Crippen LogP contribution >= 0.6 is 0 Å². The molecule has 0 N–H and O–H groups in total. The van der Waals surface area contributed by atoms with Crippen molar-refractivity contribution in [3.05, 3.63) is 114 Å². The minimum Gasteiger partial charge on any atom is -0.293 e. The molecule has 0 spiro atoms. The van der Waals surface area contributed by atoms with Crippen molar-refractivity contribution in [2.45, 2.75) is 52.4 Å². The summed E-state index contributed by atoms with van der Waals surface area (Å²) in [6, 6.07) is 37.5. The third-order valence-electron chi connectivity index (χ3n) is 9.80. The zero-order chi connectivity index (χ0) is 30.8. The van der Waals surface area contributed by atoms with Gasteiger partial charge in [0.2, 0.25) is 0 Å². The molecule has 9 rings (SSSR count). The summed E-state index contributed by atoms with van der Waals surface area (Å²) in [5.41, 5.74) is 15.7. The Kier molecular flexibility index (Phi) is 5.21. The summed E-state index contributed by atoms with van der Waals surface area (Å²) in [4.78, 5) is 11.0. The molecule has 0 unspecified atom stereocenters. The van der Waals surface area contributed by atoms with Gasteiger partial charge in [-0.05, 0) is 50.5 Å². The van der Waals surface area contributed by atoms with Gasteiger partial charge in [0.1, 0.15) is 11.6 Å². The van der Waals surface area contributed by atoms with Crippen molar-refractivity contribution in [3.8, 4) is 34.2 Å². The van der Waals surface area contributed by atoms with Gasteiger partial charge in [-0.25, -0.2) is 9.97 Å². The van der Waals surface area contributed by atoms with Crippen LogP contribution in [0.25, 0.3) is 56.2 Å². The highest BCUT2D eigenvalue weighted by Gasteiger charge is 2.43. The van der Waals surface area contributed by atoms with E-state index >= 15 is 0 Å². The van der Waals surface area contributed by atoms with E-state index in [4.69, 9.17) is 9.97 Å². The van der Waals surface area contributed by atoms with Gasteiger partial charge in [-0.2, -0.15) is 0 Å². The Balaban J connectivity index is 1.47. The average molecular weight is 583 g/mol. The van der Waals surface area contributed by atoms with E-state index < -0.39 is 0 Å². The van der Waals surface area contributed by atoms with Crippen LogP contribution in [-0.4, -0.2) is 25.8 Å². The zero-order valence-corrected chi connectivity index (χ0v) is 26.7. The SMILES string of the molecule is CC(C)(C)c1ccc2c3c1nc(-c1ccccc1)n3-c1cccc3c1B2c1ccc(C(C)(C)C)c2nc(-c4ccccc4)n-3c12. The number of rotatable bonds is 2. The molecule has 0 saturated carbocycles. The van der Waals surface area contributed by atoms with Crippen molar-refractivity contribution in [3.63, 3.8) is 0 Å². The highest BCUT2D eigenvalue weighted by atomic mass is 15.1. The third kappa shape index (κ3) is 3.55. The van der Waals surface area contributed by atoms with Gasteiger partial charge in [-0.1, -0.05) is 133 Å². The maximum absolute atomic E-state index is 5.48. The van der Waals surface area contributed by atoms with Crippen LogP contribution in [0.2, 0.25) is 0 Å². The first kappa shape index (κ1) is 26.5. The van der Waals surface area contributed by atoms with Gasteiger partial charge < -0.3 is 0 Å². The third-order valence-corrected chi connectivity index (χ3v) is 9.80. The van der Waals surface area contributed by atoms with Gasteiger partial charge in [-0.15, -0.1) is 0 Å². The summed E-state index contributed by atoms with van der Waals surface area (Å²) in [5, 5.41) is 0. The Hall–Kier alpha value is -4.90. The average Bonchev–Trinajstić information content (AvgIpc) is 3.62. The van der Waals surface area contributed by atoms with E-state index in [0.29, 0.717) is 0 Å². The highest BCUT2D eigenvalue weighted by Crippen LogP contribution is 2.40. The Morgan fingerprint density at radius 2 is 0.911 bits per heavy atom. The van der Waals surface area contributed by atoms with Crippen molar-refractivity contribution in [2.24, 2.45) is 0 Å². The molecule has 5 heteroatoms. The molecule has 2 aliphatic rings. The summed E-state index contributed by atoms with van der Waals surface area (Å²) in [5.74, 6) is 1.98. The van der Waals surface area contributed by atoms with Crippen molar-refractivity contribution in [2.75, 3.05) is 0 Å². The molecule has 2 aliphatic heterocycles. The molecule has 218 valence electrons. The molecule has 4 nitrogen and oxygen atoms in total. The Bertz CT molecular complexity index is 2170. The number of benzene rings is 5. The molecule has 0 atom stereocenters. The standard InChI is InChI=1S/C40H35BN4/c1-39(2,3)26-20-22-28-35-33(26)42-37(24-14-9-7-10-15-24)44(35)30-18-13-19-31-32(30)41(28)29-23-21-27(40(4,5)6)34-36(29)45(31)38(43-34)25-16-11-8-12-17-25/h7-23H,1-6H3. The Morgan fingerprint density at radius 3 is 1.31 bits per heavy atom. The van der Waals surface area contributed by atoms with Crippen LogP contribution < -0.4 is 16.4 Å². The molecule has 0 radical (unpaired) electrons. The predicted molar refractivity (Wildman–Crippen MR) is 189 cm³/mol. The first-order chi connectivity index (χ1) is 21.6. The topological polar surface area (TPSA) is 35.6 Å². The van der Waals surface area contributed by atoms with Gasteiger partial charge in [0.15, 0.2) is 0 Å². The van der Waals surface area contributed by atoms with Crippen molar-refractivity contribution >= 4 is 45.2 Å². The van der Waals surface area contributed by atoms with Gasteiger partial charge >= 0.3 is 0 Å². The Morgan fingerprint density at radius 1 is 0.489 bits per heavy atom. The van der Waals surface area contributed by atoms with E-state index in [1.807, 2.05) is 0 Å². The fourth-order valence-electron chi connectivity index (χ4n) is 7.82. The first-order valence-electron chi connectivity index (χ1n) is 16.0. The van der Waals surface area contributed by atoms with Crippen LogP contribution in [0.15, 0.2) is 103 Å². The fourth-order valence-corrected chi connectivity index (χ4v) is 7.82. The van der Waals surface area contributed by atoms with E-state index in [0.717, 1.165) is 33.8 Å². The maximum Gasteiger partial charge on any atom is 0.252 e. The molecule has 0 amide bonds. The Labute approximate surface area is 264 Å². The molecular formula is C40H35BN4. The van der Waals surface area contributed by atoms with E-state index in [1.54, 1.807) is 0 Å². The van der Waals surface area contributed by atoms with Crippen molar-refractivity contribution in [1.29, 1.82) is 0 Å². The van der Waals surface area contributed by atoms with Crippen LogP contribution in [-0.2, 0) is 10.8 Å². The van der Waals surface area contributed by atoms with Gasteiger partial charge in [0, 0.05) is 22.5 Å². The lowest BCUT2D eigenvalue weighted by Crippen LogP contribution is -2.59. The molecule has 0 fully saturated rings. The van der Waals surface area contributed by atoms with E-state index in [9.17, 15) is 0 Å². The summed E-state index contributed by atoms with van der Waals surface area (Å²) in [6.07, 6.45) is 0. The molecule has 5 aromatic carbocycles. The molecular weight excluding hydrogens is 547 g/mol. The molecule has 45 heavy (non-hydrogen) atoms. The van der Waals surface area contributed by atoms with E-state index in [1.165, 1.54) is 49.9 Å². The van der Waals surface area contributed by atoms with Crippen LogP contribution in [0.1, 0.15) is 52.7 Å². The smallest absolute Gasteiger partial charge is 0.252 e. The van der Waals surface area contributed by atoms with E-state index in [2.05, 4.69) is 154 Å². The number of nitrogens with zero attached hydrogens (tertiary/aromatic N) is 4. The minimum atomic E-state index is -0.0504. The number of imidazole rings is 2. The highest BCUT2D eigenvalue weighted by molar-refractivity contribution is 7.00. The van der Waals surface area contributed by atoms with E-state index in [-0.39, 0.29) is 17.5 Å². The van der Waals surface area contributed by atoms with Gasteiger partial charge in [0.25, 0.3) is 6.71 Å². The largest absolute Gasteiger partial charge is 0.293 e. The molecule has 0 saturated heterocycles. The van der Waals surface area contributed by atoms with Gasteiger partial charge in [0.05, 0.1) is 22.1 Å². The maximum atomic E-state index is 5.48. The number of aromatic nitrogens is 4. The van der Waals surface area contributed by atoms with Crippen molar-refractivity contribution < 1.29 is 0 Å². The molecule has 4 heterocycles. The lowest BCUT2D eigenvalue weighted by Gasteiger charge is -2.34. The lowest BCUT2D eigenvalue weighted by molar-refractivity contribution is 0.594. The summed E-state index contributed by atoms with van der Waals surface area (Å²) in [7, 11) is 0. The fraction of sp³-hybridized carbons (Fsp3) is 0.200. The second-order valence-electron chi connectivity index (χ2n) is 14.7. The zero-order valence-electron chi connectivity index (χ0n) is 26.7. The first-order valence-corrected chi connectivity index (χ1v) is 16.0. The normalized spacial score (nSPS) is 13.5. The van der Waals surface area contributed by atoms with Gasteiger partial charge in [-0.3, -0.25) is 9.13 Å². The van der Waals surface area contributed by atoms with Crippen LogP contribution in [0.5, 0.6) is 0 Å². The predicted octanol–water partition coefficient (Wildman–Crippen LogP) is 7.44. The second kappa shape index (κ2) is 8.85. The second-order valence-corrected chi connectivity index (χ2v) is 14.7. The summed E-state index contributed by atoms with van der Waals surface area (Å²) >= 11 is 0. The summed E-state index contributed by atoms with van der Waals surface area (Å²) < 4.78 is 4.88. The van der Waals surface area contributed by atoms with Crippen LogP contribution in [0, 0.1) is 0 Å². The molecule has 7 aromatic rings. The summed E-state index contributed by atoms with van der Waals surface area (Å²) in [6.45, 7) is 13.8. The molecule has 0 aliphatic carbocycles. The lowest BCUT2D eigenvalue weighted by atomic mass is 9.34. The van der Waals surface area contributed by atoms with Crippen LogP contribution in [0.3, 0.4) is 0 Å². The monoisotopic (exact) mass is 582 g/mol. The number of hydrogen-bond donors (Lipinski definition) is 0. The number of fused-ring (bicyclic) bond motifs is 4. The quantitative estimate of drug-likeness (QED) is 0.199. The minimum absolute atomic E-state index is 0.0504. The molecule has 0 bridgehead atoms.